The molecule has 1 aliphatic heterocycles. The Morgan fingerprint density at radius 3 is 2.73 bits per heavy atom. The summed E-state index contributed by atoms with van der Waals surface area (Å²) in [7, 11) is 0. The van der Waals surface area contributed by atoms with Crippen LogP contribution in [0, 0.1) is 11.3 Å². The van der Waals surface area contributed by atoms with E-state index in [0.29, 0.717) is 17.1 Å². The zero-order chi connectivity index (χ0) is 16.3. The molecule has 0 spiro atoms. The van der Waals surface area contributed by atoms with Crippen LogP contribution in [0.15, 0.2) is 24.3 Å². The number of aldehydes is 1. The van der Waals surface area contributed by atoms with Crippen LogP contribution >= 0.6 is 11.6 Å². The zero-order valence-electron chi connectivity index (χ0n) is 12.8. The van der Waals surface area contributed by atoms with Gasteiger partial charge >= 0.3 is 0 Å². The number of rotatable bonds is 6. The van der Waals surface area contributed by atoms with Gasteiger partial charge in [-0.05, 0) is 24.6 Å². The molecule has 2 rings (SSSR count). The second-order valence-corrected chi connectivity index (χ2v) is 6.47. The molecule has 118 valence electrons. The lowest BCUT2D eigenvalue weighted by atomic mass is 9.73. The number of benzene rings is 1. The third kappa shape index (κ3) is 3.07. The number of unbranched alkanes of at least 4 members (excludes halogenated alkanes) is 1. The van der Waals surface area contributed by atoms with E-state index < -0.39 is 11.3 Å². The maximum atomic E-state index is 12.7. The van der Waals surface area contributed by atoms with Gasteiger partial charge < -0.3 is 4.79 Å². The van der Waals surface area contributed by atoms with Gasteiger partial charge in [0.25, 0.3) is 0 Å². The summed E-state index contributed by atoms with van der Waals surface area (Å²) < 4.78 is 0. The molecule has 1 aromatic carbocycles. The Balaban J connectivity index is 2.30. The van der Waals surface area contributed by atoms with Crippen molar-refractivity contribution in [2.24, 2.45) is 11.3 Å². The molecule has 1 aliphatic rings. The average molecular weight is 322 g/mol. The third-order valence-electron chi connectivity index (χ3n) is 4.35. The highest BCUT2D eigenvalue weighted by Gasteiger charge is 2.49. The first-order valence-corrected chi connectivity index (χ1v) is 7.89. The quantitative estimate of drug-likeness (QED) is 0.594. The largest absolute Gasteiger partial charge is 0.303 e. The Hall–Kier alpha value is -1.68. The van der Waals surface area contributed by atoms with Crippen LogP contribution in [0.5, 0.6) is 0 Å². The second kappa shape index (κ2) is 6.61. The highest BCUT2D eigenvalue weighted by Crippen LogP contribution is 2.40. The topological polar surface area (TPSA) is 54.5 Å². The van der Waals surface area contributed by atoms with E-state index in [-0.39, 0.29) is 18.2 Å². The summed E-state index contributed by atoms with van der Waals surface area (Å²) in [5.74, 6) is -1.18. The molecular weight excluding hydrogens is 302 g/mol. The Bertz CT molecular complexity index is 601. The van der Waals surface area contributed by atoms with E-state index in [1.165, 1.54) is 0 Å². The number of hydrogen-bond acceptors (Lipinski definition) is 3. The molecule has 0 bridgehead atoms. The Morgan fingerprint density at radius 1 is 1.41 bits per heavy atom. The summed E-state index contributed by atoms with van der Waals surface area (Å²) >= 11 is 5.94. The van der Waals surface area contributed by atoms with Crippen LogP contribution in [-0.4, -0.2) is 18.1 Å². The number of carbonyl (C=O) groups is 3. The van der Waals surface area contributed by atoms with Crippen LogP contribution in [0.3, 0.4) is 0 Å². The molecule has 2 unspecified atom stereocenters. The molecule has 1 aromatic rings. The summed E-state index contributed by atoms with van der Waals surface area (Å²) in [4.78, 5) is 37.7. The van der Waals surface area contributed by atoms with Crippen LogP contribution < -0.4 is 4.90 Å². The fourth-order valence-electron chi connectivity index (χ4n) is 2.91. The van der Waals surface area contributed by atoms with Crippen LogP contribution in [0.4, 0.5) is 5.69 Å². The number of halogens is 1. The average Bonchev–Trinajstić information content (AvgIpc) is 2.80. The minimum atomic E-state index is -0.796. The maximum absolute atomic E-state index is 12.7. The van der Waals surface area contributed by atoms with Crippen molar-refractivity contribution in [3.63, 3.8) is 0 Å². The molecule has 5 heteroatoms. The van der Waals surface area contributed by atoms with Crippen molar-refractivity contribution >= 4 is 35.4 Å². The fraction of sp³-hybridized carbons (Fsp3) is 0.471. The minimum Gasteiger partial charge on any atom is -0.303 e. The second-order valence-electron chi connectivity index (χ2n) is 6.03. The molecule has 2 atom stereocenters. The van der Waals surface area contributed by atoms with Gasteiger partial charge in [0.1, 0.15) is 6.29 Å². The molecule has 2 amide bonds. The van der Waals surface area contributed by atoms with Gasteiger partial charge in [0.15, 0.2) is 0 Å². The molecular formula is C17H20ClNO3. The first-order chi connectivity index (χ1) is 10.4. The third-order valence-corrected chi connectivity index (χ3v) is 4.58. The number of nitrogens with zero attached hydrogens (tertiary/aromatic N) is 1. The lowest BCUT2D eigenvalue weighted by molar-refractivity contribution is -0.130. The monoisotopic (exact) mass is 321 g/mol. The first kappa shape index (κ1) is 16.7. The van der Waals surface area contributed by atoms with Gasteiger partial charge in [-0.25, -0.2) is 0 Å². The number of anilines is 1. The van der Waals surface area contributed by atoms with Crippen LogP contribution in [-0.2, 0) is 14.4 Å². The van der Waals surface area contributed by atoms with Crippen molar-refractivity contribution in [3.05, 3.63) is 29.3 Å². The molecule has 1 heterocycles. The van der Waals surface area contributed by atoms with Crippen LogP contribution in [0.1, 0.15) is 39.5 Å². The van der Waals surface area contributed by atoms with Crippen LogP contribution in [0.2, 0.25) is 5.02 Å². The van der Waals surface area contributed by atoms with Gasteiger partial charge in [-0.2, -0.15) is 0 Å². The Kier molecular flexibility index (Phi) is 5.01. The zero-order valence-corrected chi connectivity index (χ0v) is 13.6. The molecule has 1 fully saturated rings. The van der Waals surface area contributed by atoms with Crippen molar-refractivity contribution in [2.75, 3.05) is 4.90 Å². The van der Waals surface area contributed by atoms with Crippen molar-refractivity contribution in [1.29, 1.82) is 0 Å². The molecule has 0 saturated carbocycles. The van der Waals surface area contributed by atoms with E-state index >= 15 is 0 Å². The predicted octanol–water partition coefficient (Wildman–Crippen LogP) is 3.61. The Labute approximate surface area is 135 Å². The number of hydrogen-bond donors (Lipinski definition) is 0. The summed E-state index contributed by atoms with van der Waals surface area (Å²) in [5, 5.41) is 0.464. The number of imide groups is 1. The standard InChI is InChI=1S/C17H20ClNO3/c1-3-4-8-17(2,11-20)14-10-15(21)19(16(14)22)13-7-5-6-12(18)9-13/h5-7,9,11,14H,3-4,8,10H2,1-2H3. The first-order valence-electron chi connectivity index (χ1n) is 7.51. The fourth-order valence-corrected chi connectivity index (χ4v) is 3.09. The molecule has 4 nitrogen and oxygen atoms in total. The van der Waals surface area contributed by atoms with Crippen molar-refractivity contribution in [2.45, 2.75) is 39.5 Å². The van der Waals surface area contributed by atoms with E-state index in [1.54, 1.807) is 31.2 Å². The van der Waals surface area contributed by atoms with Gasteiger partial charge in [-0.1, -0.05) is 44.4 Å². The van der Waals surface area contributed by atoms with Gasteiger partial charge in [-0.15, -0.1) is 0 Å². The van der Waals surface area contributed by atoms with Gasteiger partial charge in [0.2, 0.25) is 11.8 Å². The predicted molar refractivity (Wildman–Crippen MR) is 85.7 cm³/mol. The summed E-state index contributed by atoms with van der Waals surface area (Å²) in [5.41, 5.74) is -0.329. The van der Waals surface area contributed by atoms with Crippen LogP contribution in [0.25, 0.3) is 0 Å². The molecule has 0 radical (unpaired) electrons. The lowest BCUT2D eigenvalue weighted by Crippen LogP contribution is -2.37. The smallest absolute Gasteiger partial charge is 0.238 e. The van der Waals surface area contributed by atoms with Gasteiger partial charge in [-0.3, -0.25) is 14.5 Å². The number of carbonyl (C=O) groups excluding carboxylic acids is 3. The summed E-state index contributed by atoms with van der Waals surface area (Å²) in [6, 6.07) is 6.64. The molecule has 0 aliphatic carbocycles. The van der Waals surface area contributed by atoms with E-state index in [9.17, 15) is 14.4 Å². The lowest BCUT2D eigenvalue weighted by Gasteiger charge is -2.28. The van der Waals surface area contributed by atoms with Crippen molar-refractivity contribution < 1.29 is 14.4 Å². The summed E-state index contributed by atoms with van der Waals surface area (Å²) in [6.45, 7) is 3.80. The van der Waals surface area contributed by atoms with Crippen molar-refractivity contribution in [3.8, 4) is 0 Å². The molecule has 22 heavy (non-hydrogen) atoms. The number of amides is 2. The SMILES string of the molecule is CCCCC(C)(C=O)C1CC(=O)N(c2cccc(Cl)c2)C1=O. The van der Waals surface area contributed by atoms with Crippen molar-refractivity contribution in [1.82, 2.24) is 0 Å². The van der Waals surface area contributed by atoms with Gasteiger partial charge in [0, 0.05) is 16.9 Å². The van der Waals surface area contributed by atoms with Gasteiger partial charge in [0.05, 0.1) is 11.6 Å². The van der Waals surface area contributed by atoms with E-state index in [0.717, 1.165) is 24.0 Å². The van der Waals surface area contributed by atoms with E-state index in [2.05, 4.69) is 0 Å². The van der Waals surface area contributed by atoms with E-state index in [1.807, 2.05) is 6.92 Å². The molecule has 1 saturated heterocycles. The highest BCUT2D eigenvalue weighted by molar-refractivity contribution is 6.31. The highest BCUT2D eigenvalue weighted by atomic mass is 35.5. The minimum absolute atomic E-state index is 0.0737. The maximum Gasteiger partial charge on any atom is 0.238 e. The normalized spacial score (nSPS) is 21.0. The Morgan fingerprint density at radius 2 is 2.14 bits per heavy atom. The molecule has 0 aromatic heterocycles. The van der Waals surface area contributed by atoms with E-state index in [4.69, 9.17) is 11.6 Å². The molecule has 0 N–H and O–H groups in total. The summed E-state index contributed by atoms with van der Waals surface area (Å²) in [6.07, 6.45) is 3.31.